The fourth-order valence-corrected chi connectivity index (χ4v) is 0.845. The highest BCUT2D eigenvalue weighted by molar-refractivity contribution is 7.80. The van der Waals surface area contributed by atoms with Gasteiger partial charge in [-0.1, -0.05) is 24.4 Å². The van der Waals surface area contributed by atoms with Crippen LogP contribution in [-0.2, 0) is 0 Å². The molecular formula is C7H9NS. The average Bonchev–Trinajstić information content (AvgIpc) is 1.90. The van der Waals surface area contributed by atoms with Crippen LogP contribution in [0.1, 0.15) is 6.92 Å². The van der Waals surface area contributed by atoms with E-state index >= 15 is 0 Å². The second kappa shape index (κ2) is 2.78. The highest BCUT2D eigenvalue weighted by atomic mass is 32.1. The normalized spacial score (nSPS) is 23.4. The van der Waals surface area contributed by atoms with Crippen LogP contribution in [0, 0.1) is 0 Å². The van der Waals surface area contributed by atoms with E-state index in [0.717, 1.165) is 4.86 Å². The molecule has 1 unspecified atom stereocenters. The van der Waals surface area contributed by atoms with Crippen molar-refractivity contribution in [1.82, 2.24) is 5.32 Å². The molecule has 9 heavy (non-hydrogen) atoms. The summed E-state index contributed by atoms with van der Waals surface area (Å²) >= 11 is 4.97. The van der Waals surface area contributed by atoms with Gasteiger partial charge in [0.25, 0.3) is 0 Å². The van der Waals surface area contributed by atoms with Crippen LogP contribution in [0.2, 0.25) is 0 Å². The first-order chi connectivity index (χ1) is 4.30. The van der Waals surface area contributed by atoms with Crippen molar-refractivity contribution in [1.29, 1.82) is 0 Å². The Kier molecular flexibility index (Phi) is 2.01. The van der Waals surface area contributed by atoms with Crippen molar-refractivity contribution in [2.24, 2.45) is 0 Å². The number of hydrogen-bond donors (Lipinski definition) is 1. The van der Waals surface area contributed by atoms with Gasteiger partial charge in [-0.15, -0.1) is 0 Å². The van der Waals surface area contributed by atoms with Gasteiger partial charge in [0.05, 0.1) is 6.04 Å². The first-order valence-electron chi connectivity index (χ1n) is 2.90. The smallest absolute Gasteiger partial charge is 0.0755 e. The lowest BCUT2D eigenvalue weighted by Gasteiger charge is -2.13. The summed E-state index contributed by atoms with van der Waals surface area (Å²) < 4.78 is 0. The Labute approximate surface area is 60.5 Å². The number of allylic oxidation sites excluding steroid dienone is 2. The fourth-order valence-electron chi connectivity index (χ4n) is 0.698. The van der Waals surface area contributed by atoms with Crippen molar-refractivity contribution < 1.29 is 0 Å². The Balaban J connectivity index is 2.56. The summed E-state index contributed by atoms with van der Waals surface area (Å²) in [7, 11) is 0. The standard InChI is InChI=1S/C7H9NS/c1-6(9)7-4-2-3-5-8-7/h2-5,7-8H,1H3. The van der Waals surface area contributed by atoms with Crippen molar-refractivity contribution in [3.63, 3.8) is 0 Å². The van der Waals surface area contributed by atoms with Gasteiger partial charge in [0, 0.05) is 4.86 Å². The second-order valence-corrected chi connectivity index (χ2v) is 2.64. The van der Waals surface area contributed by atoms with Crippen LogP contribution in [-0.4, -0.2) is 10.9 Å². The summed E-state index contributed by atoms with van der Waals surface area (Å²) in [5.41, 5.74) is 0. The number of dihydropyridines is 1. The van der Waals surface area contributed by atoms with Crippen LogP contribution < -0.4 is 5.32 Å². The Morgan fingerprint density at radius 2 is 2.33 bits per heavy atom. The Morgan fingerprint density at radius 3 is 2.67 bits per heavy atom. The maximum Gasteiger partial charge on any atom is 0.0755 e. The van der Waals surface area contributed by atoms with Crippen molar-refractivity contribution in [2.45, 2.75) is 13.0 Å². The van der Waals surface area contributed by atoms with Gasteiger partial charge >= 0.3 is 0 Å². The minimum atomic E-state index is 0.269. The van der Waals surface area contributed by atoms with Crippen molar-refractivity contribution in [3.8, 4) is 0 Å². The molecule has 0 saturated heterocycles. The Hall–Kier alpha value is -0.630. The highest BCUT2D eigenvalue weighted by Crippen LogP contribution is 1.96. The molecule has 0 amide bonds. The van der Waals surface area contributed by atoms with Crippen LogP contribution >= 0.6 is 12.2 Å². The molecule has 1 nitrogen and oxygen atoms in total. The van der Waals surface area contributed by atoms with Crippen LogP contribution in [0.5, 0.6) is 0 Å². The SMILES string of the molecule is CC(=S)C1C=CC=CN1. The summed E-state index contributed by atoms with van der Waals surface area (Å²) in [5.74, 6) is 0. The first-order valence-corrected chi connectivity index (χ1v) is 3.31. The molecular weight excluding hydrogens is 130 g/mol. The van der Waals surface area contributed by atoms with Crippen molar-refractivity contribution in [3.05, 3.63) is 24.4 Å². The maximum absolute atomic E-state index is 4.97. The third kappa shape index (κ3) is 1.64. The largest absolute Gasteiger partial charge is 0.380 e. The van der Waals surface area contributed by atoms with E-state index in [-0.39, 0.29) is 6.04 Å². The Morgan fingerprint density at radius 1 is 1.56 bits per heavy atom. The third-order valence-corrected chi connectivity index (χ3v) is 1.48. The minimum absolute atomic E-state index is 0.269. The summed E-state index contributed by atoms with van der Waals surface area (Å²) in [6, 6.07) is 0.269. The summed E-state index contributed by atoms with van der Waals surface area (Å²) in [6.07, 6.45) is 7.90. The molecule has 1 heterocycles. The second-order valence-electron chi connectivity index (χ2n) is 2.00. The van der Waals surface area contributed by atoms with E-state index in [4.69, 9.17) is 12.2 Å². The van der Waals surface area contributed by atoms with Gasteiger partial charge in [-0.25, -0.2) is 0 Å². The molecule has 1 aliphatic heterocycles. The molecule has 2 heteroatoms. The maximum atomic E-state index is 4.97. The molecule has 0 aromatic heterocycles. The van der Waals surface area contributed by atoms with Gasteiger partial charge in [0.1, 0.15) is 0 Å². The zero-order chi connectivity index (χ0) is 6.69. The molecule has 0 aromatic rings. The predicted molar refractivity (Wildman–Crippen MR) is 43.5 cm³/mol. The van der Waals surface area contributed by atoms with Gasteiger partial charge in [-0.2, -0.15) is 0 Å². The van der Waals surface area contributed by atoms with Gasteiger partial charge in [0.2, 0.25) is 0 Å². The van der Waals surface area contributed by atoms with Crippen LogP contribution in [0.15, 0.2) is 24.4 Å². The molecule has 1 aliphatic rings. The monoisotopic (exact) mass is 139 g/mol. The van der Waals surface area contributed by atoms with E-state index < -0.39 is 0 Å². The van der Waals surface area contributed by atoms with Gasteiger partial charge in [-0.3, -0.25) is 0 Å². The third-order valence-electron chi connectivity index (χ3n) is 1.22. The lowest BCUT2D eigenvalue weighted by atomic mass is 10.2. The zero-order valence-corrected chi connectivity index (χ0v) is 6.11. The molecule has 1 atom stereocenters. The summed E-state index contributed by atoms with van der Waals surface area (Å²) in [6.45, 7) is 1.94. The van der Waals surface area contributed by atoms with Gasteiger partial charge < -0.3 is 5.32 Å². The van der Waals surface area contributed by atoms with E-state index in [0.29, 0.717) is 0 Å². The fraction of sp³-hybridized carbons (Fsp3) is 0.286. The first kappa shape index (κ1) is 6.49. The minimum Gasteiger partial charge on any atom is -0.380 e. The van der Waals surface area contributed by atoms with E-state index in [1.54, 1.807) is 0 Å². The lowest BCUT2D eigenvalue weighted by Crippen LogP contribution is -2.29. The molecule has 0 aliphatic carbocycles. The van der Waals surface area contributed by atoms with Crippen LogP contribution in [0.3, 0.4) is 0 Å². The molecule has 48 valence electrons. The number of hydrogen-bond acceptors (Lipinski definition) is 2. The molecule has 0 saturated carbocycles. The summed E-state index contributed by atoms with van der Waals surface area (Å²) in [5, 5.41) is 3.11. The molecule has 0 fully saturated rings. The lowest BCUT2D eigenvalue weighted by molar-refractivity contribution is 0.871. The number of thiocarbonyl (C=S) groups is 1. The Bertz CT molecular complexity index is 170. The molecule has 1 rings (SSSR count). The van der Waals surface area contributed by atoms with Crippen molar-refractivity contribution >= 4 is 17.1 Å². The van der Waals surface area contributed by atoms with Gasteiger partial charge in [-0.05, 0) is 19.2 Å². The molecule has 0 radical (unpaired) electrons. The number of rotatable bonds is 1. The molecule has 0 spiro atoms. The van der Waals surface area contributed by atoms with E-state index in [1.807, 2.05) is 31.4 Å². The van der Waals surface area contributed by atoms with E-state index in [1.165, 1.54) is 0 Å². The van der Waals surface area contributed by atoms with Gasteiger partial charge in [0.15, 0.2) is 0 Å². The van der Waals surface area contributed by atoms with Crippen molar-refractivity contribution in [2.75, 3.05) is 0 Å². The van der Waals surface area contributed by atoms with Crippen LogP contribution in [0.25, 0.3) is 0 Å². The number of nitrogens with one attached hydrogen (secondary N) is 1. The highest BCUT2D eigenvalue weighted by Gasteiger charge is 2.03. The quantitative estimate of drug-likeness (QED) is 0.551. The molecule has 1 N–H and O–H groups in total. The molecule has 0 bridgehead atoms. The van der Waals surface area contributed by atoms with Crippen LogP contribution in [0.4, 0.5) is 0 Å². The summed E-state index contributed by atoms with van der Waals surface area (Å²) in [4.78, 5) is 0.982. The predicted octanol–water partition coefficient (Wildman–Crippen LogP) is 1.42. The van der Waals surface area contributed by atoms with E-state index in [9.17, 15) is 0 Å². The molecule has 0 aromatic carbocycles. The average molecular weight is 139 g/mol. The topological polar surface area (TPSA) is 12.0 Å². The zero-order valence-electron chi connectivity index (χ0n) is 5.29. The van der Waals surface area contributed by atoms with E-state index in [2.05, 4.69) is 5.32 Å².